The lowest BCUT2D eigenvalue weighted by atomic mass is 10.0. The van der Waals surface area contributed by atoms with E-state index >= 15 is 0 Å². The fraction of sp³-hybridized carbons (Fsp3) is 0.348. The summed E-state index contributed by atoms with van der Waals surface area (Å²) in [4.78, 5) is 5.93. The number of pyridine rings is 1. The Hall–Kier alpha value is -3.26. The van der Waals surface area contributed by atoms with Crippen LogP contribution < -0.4 is 9.47 Å². The zero-order valence-corrected chi connectivity index (χ0v) is 16.8. The summed E-state index contributed by atoms with van der Waals surface area (Å²) in [5, 5.41) is 18.8. The van der Waals surface area contributed by atoms with E-state index in [1.165, 1.54) is 18.3 Å². The van der Waals surface area contributed by atoms with Crippen molar-refractivity contribution in [2.75, 3.05) is 20.6 Å². The molecule has 1 N–H and O–H groups in total. The Morgan fingerprint density at radius 2 is 2.00 bits per heavy atom. The highest BCUT2D eigenvalue weighted by molar-refractivity contribution is 5.74. The Balaban J connectivity index is 1.31. The lowest BCUT2D eigenvalue weighted by Crippen LogP contribution is -2.46. The van der Waals surface area contributed by atoms with Gasteiger partial charge in [0.2, 0.25) is 11.8 Å². The summed E-state index contributed by atoms with van der Waals surface area (Å²) in [5.74, 6) is 0.318. The first kappa shape index (κ1) is 16.4. The minimum atomic E-state index is -2.61. The van der Waals surface area contributed by atoms with E-state index in [9.17, 15) is 9.50 Å². The molecule has 2 unspecified atom stereocenters. The molecular formula is C23H23FN4O3. The molecule has 2 bridgehead atoms. The van der Waals surface area contributed by atoms with Crippen molar-refractivity contribution in [2.45, 2.75) is 24.7 Å². The van der Waals surface area contributed by atoms with Crippen LogP contribution in [0.4, 0.5) is 4.39 Å². The van der Waals surface area contributed by atoms with Crippen LogP contribution in [0.2, 0.25) is 0 Å². The second-order valence-electron chi connectivity index (χ2n) is 8.00. The van der Waals surface area contributed by atoms with Crippen LogP contribution in [-0.2, 0) is 0 Å². The highest BCUT2D eigenvalue weighted by Crippen LogP contribution is 2.41. The quantitative estimate of drug-likeness (QED) is 0.672. The number of fused-ring (bicyclic) bond motifs is 2. The number of hydrogen-bond donors (Lipinski definition) is 1. The highest BCUT2D eigenvalue weighted by atomic mass is 19.1. The third kappa shape index (κ3) is 3.57. The van der Waals surface area contributed by atoms with Gasteiger partial charge >= 0.3 is 0 Å². The number of phenolic OH excluding ortho intramolecular Hbond substituents is 1. The van der Waals surface area contributed by atoms with E-state index in [4.69, 9.17) is 13.6 Å². The summed E-state index contributed by atoms with van der Waals surface area (Å²) in [6, 6.07) is 11.3. The van der Waals surface area contributed by atoms with Crippen molar-refractivity contribution in [1.29, 1.82) is 0 Å². The van der Waals surface area contributed by atoms with Gasteiger partial charge < -0.3 is 14.6 Å². The van der Waals surface area contributed by atoms with Gasteiger partial charge in [-0.15, -0.1) is 10.2 Å². The largest absolute Gasteiger partial charge is 0.507 e. The number of ether oxygens (including phenoxy) is 2. The number of rotatable bonds is 5. The van der Waals surface area contributed by atoms with Gasteiger partial charge in [-0.2, -0.15) is 0 Å². The molecule has 1 saturated heterocycles. The predicted molar refractivity (Wildman–Crippen MR) is 113 cm³/mol. The molecule has 4 atom stereocenters. The van der Waals surface area contributed by atoms with Gasteiger partial charge in [-0.1, -0.05) is 6.07 Å². The van der Waals surface area contributed by atoms with Crippen LogP contribution in [-0.4, -0.2) is 64.1 Å². The molecule has 0 spiro atoms. The number of aromatic hydroxyl groups is 1. The number of nitrogens with zero attached hydrogens (tertiary/aromatic N) is 4. The third-order valence-corrected chi connectivity index (χ3v) is 6.12. The zero-order chi connectivity index (χ0) is 24.0. The topological polar surface area (TPSA) is 80.6 Å². The molecule has 8 heteroatoms. The van der Waals surface area contributed by atoms with Gasteiger partial charge in [0.15, 0.2) is 6.17 Å². The molecule has 7 nitrogen and oxygen atoms in total. The number of methoxy groups -OCH3 is 1. The summed E-state index contributed by atoms with van der Waals surface area (Å²) < 4.78 is 46.9. The molecule has 0 amide bonds. The number of piperidine rings is 1. The third-order valence-electron chi connectivity index (χ3n) is 6.12. The van der Waals surface area contributed by atoms with E-state index in [1.807, 2.05) is 11.9 Å². The molecule has 1 aliphatic heterocycles. The highest BCUT2D eigenvalue weighted by Gasteiger charge is 2.52. The lowest BCUT2D eigenvalue weighted by Gasteiger charge is -2.31. The van der Waals surface area contributed by atoms with Crippen molar-refractivity contribution in [2.24, 2.45) is 5.92 Å². The Morgan fingerprint density at radius 3 is 2.71 bits per heavy atom. The molecule has 1 aromatic carbocycles. The van der Waals surface area contributed by atoms with Crippen LogP contribution in [0.3, 0.4) is 0 Å². The van der Waals surface area contributed by atoms with Crippen LogP contribution >= 0.6 is 0 Å². The van der Waals surface area contributed by atoms with Crippen LogP contribution in [0.1, 0.15) is 10.5 Å². The van der Waals surface area contributed by atoms with Gasteiger partial charge in [-0.25, -0.2) is 9.37 Å². The normalized spacial score (nSPS) is 26.8. The Bertz CT molecular complexity index is 1190. The summed E-state index contributed by atoms with van der Waals surface area (Å²) >= 11 is 0. The average Bonchev–Trinajstić information content (AvgIpc) is 3.30. The fourth-order valence-corrected chi connectivity index (χ4v) is 4.56. The summed E-state index contributed by atoms with van der Waals surface area (Å²) in [7, 11) is -0.677. The molecule has 0 radical (unpaired) electrons. The van der Waals surface area contributed by atoms with Gasteiger partial charge in [0.1, 0.15) is 11.9 Å². The maximum absolute atomic E-state index is 14.6. The van der Waals surface area contributed by atoms with Crippen molar-refractivity contribution in [3.8, 4) is 39.9 Å². The Kier molecular flexibility index (Phi) is 4.12. The minimum Gasteiger partial charge on any atom is -0.507 e. The van der Waals surface area contributed by atoms with Crippen LogP contribution in [0.5, 0.6) is 17.5 Å². The van der Waals surface area contributed by atoms with Crippen molar-refractivity contribution < 1.29 is 23.1 Å². The first-order valence-corrected chi connectivity index (χ1v) is 10.0. The summed E-state index contributed by atoms with van der Waals surface area (Å²) in [6.07, 6.45) is 0.645. The number of halogens is 1. The molecule has 31 heavy (non-hydrogen) atoms. The molecule has 2 aliphatic rings. The number of benzene rings is 1. The maximum atomic E-state index is 14.6. The van der Waals surface area contributed by atoms with Crippen molar-refractivity contribution in [3.63, 3.8) is 0 Å². The number of alkyl halides is 1. The first-order chi connectivity index (χ1) is 16.2. The van der Waals surface area contributed by atoms with Gasteiger partial charge in [-0.3, -0.25) is 4.90 Å². The Labute approximate surface area is 183 Å². The van der Waals surface area contributed by atoms with Gasteiger partial charge in [0.25, 0.3) is 0 Å². The van der Waals surface area contributed by atoms with Gasteiger partial charge in [0.05, 0.1) is 16.8 Å². The van der Waals surface area contributed by atoms with Crippen LogP contribution in [0, 0.1) is 5.92 Å². The van der Waals surface area contributed by atoms with Gasteiger partial charge in [-0.05, 0) is 48.9 Å². The second kappa shape index (κ2) is 7.77. The predicted octanol–water partition coefficient (Wildman–Crippen LogP) is 3.34. The Morgan fingerprint density at radius 1 is 1.13 bits per heavy atom. The SMILES string of the molecule is [2H]C([2H])([2H])Oc1cc(-c2ccc(-c3ccc(O[C@@H]4C5CC([C@@H]4F)N(C)C5)nn3)c(O)c2)ccn1. The molecule has 3 aromatic rings. The molecule has 2 fully saturated rings. The van der Waals surface area contributed by atoms with E-state index in [0.717, 1.165) is 13.0 Å². The van der Waals surface area contributed by atoms with E-state index in [-0.39, 0.29) is 29.5 Å². The number of likely N-dealkylation sites (tertiary alicyclic amines) is 1. The molecule has 2 aromatic heterocycles. The smallest absolute Gasteiger partial charge is 0.233 e. The average molecular weight is 425 g/mol. The molecule has 160 valence electrons. The first-order valence-electron chi connectivity index (χ1n) is 11.5. The van der Waals surface area contributed by atoms with Crippen molar-refractivity contribution in [3.05, 3.63) is 48.7 Å². The summed E-state index contributed by atoms with van der Waals surface area (Å²) in [5.41, 5.74) is 2.16. The van der Waals surface area contributed by atoms with Crippen LogP contribution in [0.15, 0.2) is 48.7 Å². The van der Waals surface area contributed by atoms with E-state index < -0.39 is 19.3 Å². The maximum Gasteiger partial charge on any atom is 0.233 e. The fourth-order valence-electron chi connectivity index (χ4n) is 4.56. The zero-order valence-electron chi connectivity index (χ0n) is 19.8. The monoisotopic (exact) mass is 425 g/mol. The van der Waals surface area contributed by atoms with E-state index in [1.54, 1.807) is 30.3 Å². The minimum absolute atomic E-state index is 0.0319. The molecule has 5 rings (SSSR count). The lowest BCUT2D eigenvalue weighted by molar-refractivity contribution is 0.0220. The number of aromatic nitrogens is 3. The molecular weight excluding hydrogens is 399 g/mol. The van der Waals surface area contributed by atoms with Gasteiger partial charge in [0, 0.05) is 42.4 Å². The van der Waals surface area contributed by atoms with Crippen molar-refractivity contribution >= 4 is 0 Å². The summed E-state index contributed by atoms with van der Waals surface area (Å²) in [6.45, 7) is 0.808. The molecule has 3 heterocycles. The second-order valence-corrected chi connectivity index (χ2v) is 8.00. The molecule has 1 saturated carbocycles. The molecule has 1 aliphatic carbocycles. The number of hydrogen-bond acceptors (Lipinski definition) is 7. The van der Waals surface area contributed by atoms with Crippen LogP contribution in [0.25, 0.3) is 22.4 Å². The van der Waals surface area contributed by atoms with Crippen molar-refractivity contribution in [1.82, 2.24) is 20.1 Å². The van der Waals surface area contributed by atoms with E-state index in [0.29, 0.717) is 22.4 Å². The number of phenols is 1. The van der Waals surface area contributed by atoms with E-state index in [2.05, 4.69) is 15.2 Å². The standard InChI is InChI=1S/C23H23FN4O3/c1-28-12-15-9-18(28)22(24)23(15)31-20-6-5-17(26-27-20)16-4-3-13(10-19(16)29)14-7-8-25-21(11-14)30-2/h3-8,10-11,15,18,22-23,29H,9,12H2,1-2H3/t15?,18?,22-,23+/m0/s1/i2D3.